The van der Waals surface area contributed by atoms with Crippen LogP contribution < -0.4 is 10.1 Å². The van der Waals surface area contributed by atoms with Gasteiger partial charge in [0.2, 0.25) is 0 Å². The molecular weight excluding hydrogens is 402 g/mol. The molecule has 0 spiro atoms. The maximum absolute atomic E-state index is 13.2. The highest BCUT2D eigenvalue weighted by atomic mass is 16.5. The number of nitrogens with zero attached hydrogens (tertiary/aromatic N) is 2. The zero-order valence-corrected chi connectivity index (χ0v) is 19.0. The molecule has 0 bridgehead atoms. The summed E-state index contributed by atoms with van der Waals surface area (Å²) in [7, 11) is 1.67. The van der Waals surface area contributed by atoms with Crippen LogP contribution in [0.5, 0.6) is 5.75 Å². The van der Waals surface area contributed by atoms with Crippen molar-refractivity contribution in [2.45, 2.75) is 19.9 Å². The molecule has 1 aromatic heterocycles. The van der Waals surface area contributed by atoms with Crippen molar-refractivity contribution >= 4 is 5.91 Å². The number of ether oxygens (including phenoxy) is 2. The predicted octanol–water partition coefficient (Wildman–Crippen LogP) is 3.91. The van der Waals surface area contributed by atoms with Gasteiger partial charge in [-0.15, -0.1) is 0 Å². The van der Waals surface area contributed by atoms with Gasteiger partial charge in [0.05, 0.1) is 31.9 Å². The third-order valence-electron chi connectivity index (χ3n) is 6.13. The quantitative estimate of drug-likeness (QED) is 0.614. The van der Waals surface area contributed by atoms with Gasteiger partial charge in [-0.05, 0) is 49.7 Å². The van der Waals surface area contributed by atoms with Gasteiger partial charge in [-0.3, -0.25) is 9.69 Å². The lowest BCUT2D eigenvalue weighted by Gasteiger charge is -2.35. The van der Waals surface area contributed by atoms with E-state index in [9.17, 15) is 4.79 Å². The monoisotopic (exact) mass is 433 g/mol. The Bertz CT molecular complexity index is 1040. The normalized spacial score (nSPS) is 15.3. The molecule has 2 heterocycles. The maximum Gasteiger partial charge on any atom is 0.253 e. The molecule has 6 nitrogen and oxygen atoms in total. The third kappa shape index (κ3) is 4.71. The lowest BCUT2D eigenvalue weighted by molar-refractivity contribution is 0.0162. The molecule has 0 aliphatic carbocycles. The van der Waals surface area contributed by atoms with Crippen LogP contribution in [0.15, 0.2) is 60.7 Å². The molecule has 4 rings (SSSR count). The van der Waals surface area contributed by atoms with Gasteiger partial charge >= 0.3 is 0 Å². The highest BCUT2D eigenvalue weighted by Gasteiger charge is 2.24. The lowest BCUT2D eigenvalue weighted by Crippen LogP contribution is -2.43. The number of carbonyl (C=O) groups excluding carboxylic acids is 1. The summed E-state index contributed by atoms with van der Waals surface area (Å²) in [6, 6.07) is 20.3. The summed E-state index contributed by atoms with van der Waals surface area (Å²) in [6.07, 6.45) is 0. The Morgan fingerprint density at radius 2 is 1.75 bits per heavy atom. The maximum atomic E-state index is 13.2. The molecule has 1 saturated heterocycles. The summed E-state index contributed by atoms with van der Waals surface area (Å²) in [5.74, 6) is 0.777. The molecule has 1 atom stereocenters. The summed E-state index contributed by atoms with van der Waals surface area (Å²) in [6.45, 7) is 7.66. The highest BCUT2D eigenvalue weighted by molar-refractivity contribution is 5.96. The van der Waals surface area contributed by atoms with Crippen LogP contribution >= 0.6 is 0 Å². The fraction of sp³-hybridized carbons (Fsp3) is 0.346. The molecule has 1 aliphatic heterocycles. The molecule has 1 aliphatic rings. The number of amides is 1. The van der Waals surface area contributed by atoms with E-state index < -0.39 is 0 Å². The third-order valence-corrected chi connectivity index (χ3v) is 6.13. The van der Waals surface area contributed by atoms with Crippen LogP contribution in [0.1, 0.15) is 33.4 Å². The lowest BCUT2D eigenvalue weighted by atomic mass is 10.0. The Labute approximate surface area is 189 Å². The standard InChI is InChI=1S/C26H31N3O3/c1-19-17-24(20(2)29(19)22-7-5-4-6-8-22)26(30)27-18-25(28-13-15-32-16-14-28)21-9-11-23(31-3)12-10-21/h4-12,17,25H,13-16,18H2,1-3H3,(H,27,30)/t25-/m0/s1. The van der Waals surface area contributed by atoms with E-state index in [0.717, 1.165) is 41.5 Å². The van der Waals surface area contributed by atoms with Gasteiger partial charge in [-0.2, -0.15) is 0 Å². The predicted molar refractivity (Wildman–Crippen MR) is 126 cm³/mol. The van der Waals surface area contributed by atoms with Crippen LogP contribution in [-0.2, 0) is 4.74 Å². The molecule has 0 radical (unpaired) electrons. The number of methoxy groups -OCH3 is 1. The second kappa shape index (κ2) is 10.0. The summed E-state index contributed by atoms with van der Waals surface area (Å²) < 4.78 is 13.0. The van der Waals surface area contributed by atoms with Gasteiger partial charge < -0.3 is 19.4 Å². The number of hydrogen-bond acceptors (Lipinski definition) is 4. The van der Waals surface area contributed by atoms with E-state index in [1.165, 1.54) is 0 Å². The van der Waals surface area contributed by atoms with E-state index in [1.807, 2.05) is 50.2 Å². The van der Waals surface area contributed by atoms with Gasteiger partial charge in [0.1, 0.15) is 5.75 Å². The first-order valence-electron chi connectivity index (χ1n) is 11.1. The van der Waals surface area contributed by atoms with Crippen LogP contribution in [0.4, 0.5) is 0 Å². The van der Waals surface area contributed by atoms with Crippen LogP contribution in [-0.4, -0.2) is 55.3 Å². The summed E-state index contributed by atoms with van der Waals surface area (Å²) >= 11 is 0. The molecule has 0 saturated carbocycles. The van der Waals surface area contributed by atoms with Crippen molar-refractivity contribution in [2.24, 2.45) is 0 Å². The van der Waals surface area contributed by atoms with Crippen molar-refractivity contribution in [2.75, 3.05) is 40.0 Å². The van der Waals surface area contributed by atoms with Gasteiger partial charge in [0.25, 0.3) is 5.91 Å². The minimum atomic E-state index is -0.0490. The minimum Gasteiger partial charge on any atom is -0.497 e. The first-order valence-corrected chi connectivity index (χ1v) is 11.1. The Morgan fingerprint density at radius 3 is 2.41 bits per heavy atom. The van der Waals surface area contributed by atoms with Crippen LogP contribution in [0.2, 0.25) is 0 Å². The molecular formula is C26H31N3O3. The van der Waals surface area contributed by atoms with E-state index in [2.05, 4.69) is 39.0 Å². The molecule has 168 valence electrons. The second-order valence-electron chi connectivity index (χ2n) is 8.10. The number of para-hydroxylation sites is 1. The SMILES string of the molecule is COc1ccc([C@H](CNC(=O)c2cc(C)n(-c3ccccc3)c2C)N2CCOCC2)cc1. The smallest absolute Gasteiger partial charge is 0.253 e. The van der Waals surface area contributed by atoms with Crippen molar-refractivity contribution in [3.63, 3.8) is 0 Å². The van der Waals surface area contributed by atoms with Crippen LogP contribution in [0.3, 0.4) is 0 Å². The topological polar surface area (TPSA) is 55.7 Å². The van der Waals surface area contributed by atoms with E-state index in [1.54, 1.807) is 7.11 Å². The zero-order valence-electron chi connectivity index (χ0n) is 19.0. The summed E-state index contributed by atoms with van der Waals surface area (Å²) in [5.41, 5.74) is 4.91. The Kier molecular flexibility index (Phi) is 6.93. The van der Waals surface area contributed by atoms with Crippen molar-refractivity contribution < 1.29 is 14.3 Å². The van der Waals surface area contributed by atoms with E-state index in [0.29, 0.717) is 25.3 Å². The number of morpholine rings is 1. The fourth-order valence-electron chi connectivity index (χ4n) is 4.42. The molecule has 3 aromatic rings. The average Bonchev–Trinajstić information content (AvgIpc) is 3.14. The minimum absolute atomic E-state index is 0.0490. The largest absolute Gasteiger partial charge is 0.497 e. The summed E-state index contributed by atoms with van der Waals surface area (Å²) in [4.78, 5) is 15.6. The molecule has 1 amide bonds. The Morgan fingerprint density at radius 1 is 1.06 bits per heavy atom. The molecule has 32 heavy (non-hydrogen) atoms. The number of carbonyl (C=O) groups is 1. The number of nitrogens with one attached hydrogen (secondary N) is 1. The Hall–Kier alpha value is -3.09. The zero-order chi connectivity index (χ0) is 22.5. The molecule has 6 heteroatoms. The molecule has 2 aromatic carbocycles. The number of benzene rings is 2. The highest BCUT2D eigenvalue weighted by Crippen LogP contribution is 2.25. The number of aryl methyl sites for hydroxylation is 1. The van der Waals surface area contributed by atoms with Gasteiger partial charge in [-0.1, -0.05) is 30.3 Å². The Balaban J connectivity index is 1.53. The molecule has 1 fully saturated rings. The number of aromatic nitrogens is 1. The first kappa shape index (κ1) is 22.1. The van der Waals surface area contributed by atoms with Crippen molar-refractivity contribution in [3.8, 4) is 11.4 Å². The van der Waals surface area contributed by atoms with Crippen molar-refractivity contribution in [1.82, 2.24) is 14.8 Å². The summed E-state index contributed by atoms with van der Waals surface area (Å²) in [5, 5.41) is 3.19. The second-order valence-corrected chi connectivity index (χ2v) is 8.10. The van der Waals surface area contributed by atoms with Crippen LogP contribution in [0, 0.1) is 13.8 Å². The van der Waals surface area contributed by atoms with E-state index >= 15 is 0 Å². The van der Waals surface area contributed by atoms with Crippen molar-refractivity contribution in [3.05, 3.63) is 83.2 Å². The van der Waals surface area contributed by atoms with E-state index in [4.69, 9.17) is 9.47 Å². The van der Waals surface area contributed by atoms with Crippen molar-refractivity contribution in [1.29, 1.82) is 0 Å². The van der Waals surface area contributed by atoms with Gasteiger partial charge in [-0.25, -0.2) is 0 Å². The fourth-order valence-corrected chi connectivity index (χ4v) is 4.42. The number of rotatable bonds is 7. The van der Waals surface area contributed by atoms with Gasteiger partial charge in [0, 0.05) is 36.7 Å². The molecule has 0 unspecified atom stereocenters. The van der Waals surface area contributed by atoms with Crippen LogP contribution in [0.25, 0.3) is 5.69 Å². The van der Waals surface area contributed by atoms with E-state index in [-0.39, 0.29) is 11.9 Å². The number of hydrogen-bond donors (Lipinski definition) is 1. The molecule has 1 N–H and O–H groups in total. The first-order chi connectivity index (χ1) is 15.6. The van der Waals surface area contributed by atoms with Gasteiger partial charge in [0.15, 0.2) is 0 Å². The average molecular weight is 434 g/mol.